The van der Waals surface area contributed by atoms with E-state index in [0.717, 1.165) is 23.2 Å². The number of hydrogen-bond donors (Lipinski definition) is 2. The number of benzene rings is 1. The molecule has 0 saturated carbocycles. The summed E-state index contributed by atoms with van der Waals surface area (Å²) in [6, 6.07) is 14.3. The van der Waals surface area contributed by atoms with E-state index in [1.165, 1.54) is 17.1 Å². The summed E-state index contributed by atoms with van der Waals surface area (Å²) < 4.78 is 28.0. The SMILES string of the molecule is Cc1cc(C(F)F)ncc1C(=O)N[C@H]1CCc2cc(-n3c(-c4cccnc4N)nc4ccc(-n5nccn5)nc43)ccc21. The van der Waals surface area contributed by atoms with Crippen LogP contribution in [0.1, 0.15) is 51.6 Å². The van der Waals surface area contributed by atoms with E-state index < -0.39 is 6.43 Å². The summed E-state index contributed by atoms with van der Waals surface area (Å²) >= 11 is 0. The zero-order chi connectivity index (χ0) is 29.7. The first-order valence-corrected chi connectivity index (χ1v) is 13.5. The van der Waals surface area contributed by atoms with Crippen molar-refractivity contribution in [3.63, 3.8) is 0 Å². The van der Waals surface area contributed by atoms with Gasteiger partial charge in [0.25, 0.3) is 12.3 Å². The van der Waals surface area contributed by atoms with Gasteiger partial charge in [-0.3, -0.25) is 14.3 Å². The quantitative estimate of drug-likeness (QED) is 0.290. The van der Waals surface area contributed by atoms with E-state index in [-0.39, 0.29) is 23.2 Å². The minimum Gasteiger partial charge on any atom is -0.383 e. The number of imidazole rings is 1. The van der Waals surface area contributed by atoms with Crippen molar-refractivity contribution in [3.8, 4) is 22.9 Å². The van der Waals surface area contributed by atoms with Gasteiger partial charge in [0.15, 0.2) is 17.3 Å². The van der Waals surface area contributed by atoms with Gasteiger partial charge < -0.3 is 11.1 Å². The fourth-order valence-corrected chi connectivity index (χ4v) is 5.49. The number of alkyl halides is 2. The first-order valence-electron chi connectivity index (χ1n) is 13.5. The minimum atomic E-state index is -2.70. The highest BCUT2D eigenvalue weighted by atomic mass is 19.3. The Balaban J connectivity index is 1.27. The van der Waals surface area contributed by atoms with Gasteiger partial charge in [-0.2, -0.15) is 10.2 Å². The van der Waals surface area contributed by atoms with Crippen molar-refractivity contribution in [3.05, 3.63) is 101 Å². The van der Waals surface area contributed by atoms with Crippen LogP contribution >= 0.6 is 0 Å². The maximum atomic E-state index is 13.1. The van der Waals surface area contributed by atoms with Crippen LogP contribution in [0.3, 0.4) is 0 Å². The first kappa shape index (κ1) is 26.3. The number of aromatic nitrogens is 8. The molecule has 0 radical (unpaired) electrons. The predicted octanol–water partition coefficient (Wildman–Crippen LogP) is 4.70. The van der Waals surface area contributed by atoms with Crippen LogP contribution in [0.4, 0.5) is 14.6 Å². The van der Waals surface area contributed by atoms with Crippen LogP contribution in [0.15, 0.2) is 73.3 Å². The van der Waals surface area contributed by atoms with Crippen molar-refractivity contribution in [2.24, 2.45) is 0 Å². The first-order chi connectivity index (χ1) is 20.9. The van der Waals surface area contributed by atoms with Gasteiger partial charge in [-0.05, 0) is 78.9 Å². The molecule has 6 aromatic rings. The van der Waals surface area contributed by atoms with Crippen LogP contribution in [-0.2, 0) is 6.42 Å². The Morgan fingerprint density at radius 2 is 1.88 bits per heavy atom. The molecule has 1 atom stereocenters. The second kappa shape index (κ2) is 10.4. The van der Waals surface area contributed by atoms with Crippen LogP contribution in [0, 0.1) is 6.92 Å². The maximum absolute atomic E-state index is 13.1. The lowest BCUT2D eigenvalue weighted by Gasteiger charge is -2.16. The fourth-order valence-electron chi connectivity index (χ4n) is 5.49. The average molecular weight is 579 g/mol. The second-order valence-corrected chi connectivity index (χ2v) is 10.2. The van der Waals surface area contributed by atoms with Crippen LogP contribution in [0.5, 0.6) is 0 Å². The van der Waals surface area contributed by atoms with Gasteiger partial charge >= 0.3 is 0 Å². The van der Waals surface area contributed by atoms with Gasteiger partial charge in [0.2, 0.25) is 0 Å². The molecule has 5 aromatic heterocycles. The van der Waals surface area contributed by atoms with E-state index in [1.807, 2.05) is 28.8 Å². The van der Waals surface area contributed by atoms with Gasteiger partial charge in [0.1, 0.15) is 17.0 Å². The number of nitrogens with zero attached hydrogens (tertiary/aromatic N) is 8. The van der Waals surface area contributed by atoms with Crippen LogP contribution < -0.4 is 11.1 Å². The van der Waals surface area contributed by atoms with Gasteiger partial charge in [-0.25, -0.2) is 23.7 Å². The zero-order valence-corrected chi connectivity index (χ0v) is 22.8. The lowest BCUT2D eigenvalue weighted by Crippen LogP contribution is -2.28. The molecule has 0 fully saturated rings. The largest absolute Gasteiger partial charge is 0.383 e. The highest BCUT2D eigenvalue weighted by Crippen LogP contribution is 2.36. The monoisotopic (exact) mass is 578 g/mol. The molecule has 7 rings (SSSR count). The van der Waals surface area contributed by atoms with Crippen LogP contribution in [0.25, 0.3) is 34.1 Å². The summed E-state index contributed by atoms with van der Waals surface area (Å²) in [5.74, 6) is 1.09. The molecule has 1 aliphatic rings. The van der Waals surface area contributed by atoms with E-state index in [9.17, 15) is 13.6 Å². The van der Waals surface area contributed by atoms with E-state index in [4.69, 9.17) is 15.7 Å². The zero-order valence-electron chi connectivity index (χ0n) is 22.8. The van der Waals surface area contributed by atoms with Crippen molar-refractivity contribution in [2.45, 2.75) is 32.2 Å². The molecule has 3 N–H and O–H groups in total. The third-order valence-corrected chi connectivity index (χ3v) is 7.56. The van der Waals surface area contributed by atoms with E-state index in [1.54, 1.807) is 37.6 Å². The van der Waals surface area contributed by atoms with E-state index >= 15 is 0 Å². The van der Waals surface area contributed by atoms with Gasteiger partial charge in [-0.15, -0.1) is 4.80 Å². The molecular weight excluding hydrogens is 554 g/mol. The predicted molar refractivity (Wildman–Crippen MR) is 154 cm³/mol. The fraction of sp³-hybridized carbons (Fsp3) is 0.167. The summed E-state index contributed by atoms with van der Waals surface area (Å²) in [5, 5.41) is 11.5. The second-order valence-electron chi connectivity index (χ2n) is 10.2. The molecule has 214 valence electrons. The Hall–Kier alpha value is -5.59. The molecular formula is C30H24F2N10O. The molecule has 11 nitrogen and oxygen atoms in total. The van der Waals surface area contributed by atoms with Gasteiger partial charge in [-0.1, -0.05) is 6.07 Å². The van der Waals surface area contributed by atoms with Crippen molar-refractivity contribution >= 4 is 22.9 Å². The Labute approximate surface area is 243 Å². The van der Waals surface area contributed by atoms with Gasteiger partial charge in [0.05, 0.1) is 29.6 Å². The summed E-state index contributed by atoms with van der Waals surface area (Å²) in [4.78, 5) is 32.2. The van der Waals surface area contributed by atoms with Crippen LogP contribution in [0.2, 0.25) is 0 Å². The molecule has 1 amide bonds. The lowest BCUT2D eigenvalue weighted by molar-refractivity contribution is 0.0934. The molecule has 0 aliphatic heterocycles. The Bertz CT molecular complexity index is 2000. The summed E-state index contributed by atoms with van der Waals surface area (Å²) in [5.41, 5.74) is 11.4. The van der Waals surface area contributed by atoms with E-state index in [2.05, 4.69) is 31.5 Å². The number of anilines is 1. The highest BCUT2D eigenvalue weighted by molar-refractivity contribution is 5.95. The number of amides is 1. The Kier molecular flexibility index (Phi) is 6.34. The molecule has 1 aliphatic carbocycles. The molecule has 0 saturated heterocycles. The summed E-state index contributed by atoms with van der Waals surface area (Å²) in [6.45, 7) is 1.63. The Morgan fingerprint density at radius 3 is 2.65 bits per heavy atom. The minimum absolute atomic E-state index is 0.241. The molecule has 1 aromatic carbocycles. The Morgan fingerprint density at radius 1 is 1.05 bits per heavy atom. The number of aryl methyl sites for hydroxylation is 2. The topological polar surface area (TPSA) is 142 Å². The average Bonchev–Trinajstić information content (AvgIpc) is 3.76. The number of rotatable bonds is 6. The third kappa shape index (κ3) is 4.64. The third-order valence-electron chi connectivity index (χ3n) is 7.56. The van der Waals surface area contributed by atoms with Crippen LogP contribution in [-0.4, -0.2) is 45.4 Å². The molecule has 13 heteroatoms. The number of nitrogens with two attached hydrogens (primary N) is 1. The van der Waals surface area contributed by atoms with Crippen molar-refractivity contribution in [1.82, 2.24) is 44.8 Å². The standard InChI is InChI=1S/C30H24F2N10O/c1-16-13-24(26(31)32)35-15-21(16)30(43)39-22-7-4-17-14-18(5-6-19(17)22)41-28(20-3-2-10-34-27(20)33)38-23-8-9-25(40-29(23)41)42-36-11-12-37-42/h2-3,5-6,8-15,22,26H,4,7H2,1H3,(H2,33,34)(H,39,43)/t22-/m0/s1. The number of pyridine rings is 3. The number of fused-ring (bicyclic) bond motifs is 2. The van der Waals surface area contributed by atoms with E-state index in [0.29, 0.717) is 46.2 Å². The number of hydrogen-bond acceptors (Lipinski definition) is 8. The van der Waals surface area contributed by atoms with Crippen molar-refractivity contribution in [2.75, 3.05) is 5.73 Å². The smallest absolute Gasteiger partial charge is 0.280 e. The summed E-state index contributed by atoms with van der Waals surface area (Å²) in [7, 11) is 0. The lowest BCUT2D eigenvalue weighted by atomic mass is 10.1. The molecule has 43 heavy (non-hydrogen) atoms. The maximum Gasteiger partial charge on any atom is 0.280 e. The number of carbonyl (C=O) groups is 1. The van der Waals surface area contributed by atoms with Crippen molar-refractivity contribution in [1.29, 1.82) is 0 Å². The van der Waals surface area contributed by atoms with Gasteiger partial charge in [0, 0.05) is 18.1 Å². The number of nitrogens with one attached hydrogen (secondary N) is 1. The molecule has 5 heterocycles. The number of nitrogen functional groups attached to an aromatic ring is 1. The summed E-state index contributed by atoms with van der Waals surface area (Å²) in [6.07, 6.45) is 4.71. The molecule has 0 unspecified atom stereocenters. The molecule has 0 bridgehead atoms. The highest BCUT2D eigenvalue weighted by Gasteiger charge is 2.27. The normalized spacial score (nSPS) is 14.4. The molecule has 0 spiro atoms. The number of halogens is 2. The number of carbonyl (C=O) groups excluding carboxylic acids is 1. The van der Waals surface area contributed by atoms with Crippen molar-refractivity contribution < 1.29 is 13.6 Å².